The second kappa shape index (κ2) is 6.92. The zero-order valence-electron chi connectivity index (χ0n) is 12.9. The number of carbonyl (C=O) groups is 1. The standard InChI is InChI=1S/C19H12FNO4/c20-14-7-5-13(6-8-14)18(22)11-9-15-10-12-19(25-15)16-3-1-2-4-17(16)21(23)24/h1-12H/b11-9+. The molecule has 0 bridgehead atoms. The summed E-state index contributed by atoms with van der Waals surface area (Å²) in [6.07, 6.45) is 2.76. The van der Waals surface area contributed by atoms with Crippen molar-refractivity contribution < 1.29 is 18.5 Å². The Hall–Kier alpha value is -3.54. The molecule has 0 aliphatic heterocycles. The van der Waals surface area contributed by atoms with Crippen molar-refractivity contribution in [3.63, 3.8) is 0 Å². The minimum absolute atomic E-state index is 0.0604. The van der Waals surface area contributed by atoms with Crippen molar-refractivity contribution in [3.8, 4) is 11.3 Å². The largest absolute Gasteiger partial charge is 0.456 e. The average molecular weight is 337 g/mol. The summed E-state index contributed by atoms with van der Waals surface area (Å²) in [5.41, 5.74) is 0.648. The third-order valence-corrected chi connectivity index (χ3v) is 3.52. The quantitative estimate of drug-likeness (QED) is 0.287. The molecule has 3 rings (SSSR count). The first-order valence-corrected chi connectivity index (χ1v) is 7.36. The van der Waals surface area contributed by atoms with Crippen LogP contribution in [0.5, 0.6) is 0 Å². The van der Waals surface area contributed by atoms with Crippen LogP contribution >= 0.6 is 0 Å². The van der Waals surface area contributed by atoms with E-state index in [9.17, 15) is 19.3 Å². The Morgan fingerprint density at radius 2 is 1.76 bits per heavy atom. The number of allylic oxidation sites excluding steroid dienone is 1. The lowest BCUT2D eigenvalue weighted by Crippen LogP contribution is -1.93. The molecule has 0 fully saturated rings. The van der Waals surface area contributed by atoms with E-state index < -0.39 is 10.7 Å². The zero-order chi connectivity index (χ0) is 17.8. The van der Waals surface area contributed by atoms with Gasteiger partial charge in [-0.05, 0) is 54.6 Å². The van der Waals surface area contributed by atoms with Crippen molar-refractivity contribution >= 4 is 17.5 Å². The van der Waals surface area contributed by atoms with E-state index >= 15 is 0 Å². The van der Waals surface area contributed by atoms with Crippen LogP contribution in [-0.2, 0) is 0 Å². The fourth-order valence-electron chi connectivity index (χ4n) is 2.30. The van der Waals surface area contributed by atoms with Crippen molar-refractivity contribution in [2.45, 2.75) is 0 Å². The highest BCUT2D eigenvalue weighted by Crippen LogP contribution is 2.31. The molecule has 0 saturated heterocycles. The van der Waals surface area contributed by atoms with E-state index in [4.69, 9.17) is 4.42 Å². The van der Waals surface area contributed by atoms with Gasteiger partial charge in [0.1, 0.15) is 17.3 Å². The van der Waals surface area contributed by atoms with E-state index in [1.807, 2.05) is 0 Å². The molecule has 0 unspecified atom stereocenters. The van der Waals surface area contributed by atoms with Gasteiger partial charge in [0.05, 0.1) is 10.5 Å². The normalized spacial score (nSPS) is 10.9. The minimum Gasteiger partial charge on any atom is -0.456 e. The molecule has 0 spiro atoms. The third kappa shape index (κ3) is 3.69. The first-order chi connectivity index (χ1) is 12.0. The van der Waals surface area contributed by atoms with Gasteiger partial charge in [0.2, 0.25) is 0 Å². The van der Waals surface area contributed by atoms with Gasteiger partial charge < -0.3 is 4.42 Å². The van der Waals surface area contributed by atoms with Gasteiger partial charge >= 0.3 is 0 Å². The summed E-state index contributed by atoms with van der Waals surface area (Å²) in [5.74, 6) is -0.00547. The Balaban J connectivity index is 1.81. The Morgan fingerprint density at radius 1 is 1.04 bits per heavy atom. The van der Waals surface area contributed by atoms with E-state index in [1.165, 1.54) is 42.5 Å². The smallest absolute Gasteiger partial charge is 0.280 e. The lowest BCUT2D eigenvalue weighted by molar-refractivity contribution is -0.384. The van der Waals surface area contributed by atoms with Crippen molar-refractivity contribution in [2.75, 3.05) is 0 Å². The highest BCUT2D eigenvalue weighted by Gasteiger charge is 2.16. The van der Waals surface area contributed by atoms with Gasteiger partial charge in [-0.2, -0.15) is 0 Å². The maximum Gasteiger partial charge on any atom is 0.280 e. The van der Waals surface area contributed by atoms with Crippen LogP contribution in [-0.4, -0.2) is 10.7 Å². The lowest BCUT2D eigenvalue weighted by Gasteiger charge is -1.98. The number of nitrogens with zero attached hydrogens (tertiary/aromatic N) is 1. The van der Waals surface area contributed by atoms with Gasteiger partial charge in [0.25, 0.3) is 5.69 Å². The number of furan rings is 1. The number of nitro benzene ring substituents is 1. The monoisotopic (exact) mass is 337 g/mol. The number of para-hydroxylation sites is 1. The van der Waals surface area contributed by atoms with Crippen LogP contribution in [0, 0.1) is 15.9 Å². The average Bonchev–Trinajstić information content (AvgIpc) is 3.09. The molecule has 0 N–H and O–H groups in total. The predicted molar refractivity (Wildman–Crippen MR) is 90.6 cm³/mol. The zero-order valence-corrected chi connectivity index (χ0v) is 12.9. The number of hydrogen-bond donors (Lipinski definition) is 0. The van der Waals surface area contributed by atoms with E-state index in [0.717, 1.165) is 0 Å². The number of hydrogen-bond acceptors (Lipinski definition) is 4. The van der Waals surface area contributed by atoms with E-state index in [2.05, 4.69) is 0 Å². The highest BCUT2D eigenvalue weighted by molar-refractivity contribution is 6.06. The molecule has 0 atom stereocenters. The van der Waals surface area contributed by atoms with Crippen molar-refractivity contribution in [3.05, 3.63) is 94.0 Å². The number of nitro groups is 1. The first-order valence-electron chi connectivity index (χ1n) is 7.36. The van der Waals surface area contributed by atoms with Crippen molar-refractivity contribution in [1.29, 1.82) is 0 Å². The van der Waals surface area contributed by atoms with Crippen LogP contribution in [0.3, 0.4) is 0 Å². The van der Waals surface area contributed by atoms with Gasteiger partial charge in [-0.3, -0.25) is 14.9 Å². The fourth-order valence-corrected chi connectivity index (χ4v) is 2.30. The van der Waals surface area contributed by atoms with Crippen LogP contribution < -0.4 is 0 Å². The summed E-state index contributed by atoms with van der Waals surface area (Å²) in [6, 6.07) is 14.7. The number of halogens is 1. The molecule has 3 aromatic rings. The maximum atomic E-state index is 12.9. The Morgan fingerprint density at radius 3 is 2.48 bits per heavy atom. The number of ketones is 1. The minimum atomic E-state index is -0.481. The van der Waals surface area contributed by atoms with Crippen LogP contribution in [0.25, 0.3) is 17.4 Å². The maximum absolute atomic E-state index is 12.9. The Bertz CT molecular complexity index is 958. The summed E-state index contributed by atoms with van der Waals surface area (Å²) in [7, 11) is 0. The molecular formula is C19H12FNO4. The van der Waals surface area contributed by atoms with Crippen LogP contribution in [0.2, 0.25) is 0 Å². The van der Waals surface area contributed by atoms with E-state index in [1.54, 1.807) is 30.3 Å². The molecule has 1 heterocycles. The molecule has 25 heavy (non-hydrogen) atoms. The number of benzene rings is 2. The highest BCUT2D eigenvalue weighted by atomic mass is 19.1. The summed E-state index contributed by atoms with van der Waals surface area (Å²) in [6.45, 7) is 0. The van der Waals surface area contributed by atoms with Gasteiger partial charge in [-0.1, -0.05) is 12.1 Å². The Kier molecular flexibility index (Phi) is 4.52. The SMILES string of the molecule is O=C(/C=C/c1ccc(-c2ccccc2[N+](=O)[O-])o1)c1ccc(F)cc1. The first kappa shape index (κ1) is 16.3. The third-order valence-electron chi connectivity index (χ3n) is 3.52. The van der Waals surface area contributed by atoms with E-state index in [0.29, 0.717) is 22.6 Å². The summed E-state index contributed by atoms with van der Waals surface area (Å²) in [5, 5.41) is 11.1. The van der Waals surface area contributed by atoms with Gasteiger partial charge in [0, 0.05) is 11.6 Å². The fraction of sp³-hybridized carbons (Fsp3) is 0. The number of carbonyl (C=O) groups excluding carboxylic acids is 1. The molecule has 0 aliphatic carbocycles. The van der Waals surface area contributed by atoms with E-state index in [-0.39, 0.29) is 11.5 Å². The lowest BCUT2D eigenvalue weighted by atomic mass is 10.1. The molecule has 6 heteroatoms. The number of rotatable bonds is 5. The van der Waals surface area contributed by atoms with Crippen LogP contribution in [0.1, 0.15) is 16.1 Å². The molecule has 0 saturated carbocycles. The molecule has 0 aliphatic rings. The molecule has 2 aromatic carbocycles. The second-order valence-corrected chi connectivity index (χ2v) is 5.18. The predicted octanol–water partition coefficient (Wildman–Crippen LogP) is 4.89. The van der Waals surface area contributed by atoms with Gasteiger partial charge in [0.15, 0.2) is 5.78 Å². The summed E-state index contributed by atoms with van der Waals surface area (Å²) >= 11 is 0. The second-order valence-electron chi connectivity index (χ2n) is 5.18. The van der Waals surface area contributed by atoms with Gasteiger partial charge in [-0.25, -0.2) is 4.39 Å². The summed E-state index contributed by atoms with van der Waals surface area (Å²) in [4.78, 5) is 22.6. The topological polar surface area (TPSA) is 73.3 Å². The molecular weight excluding hydrogens is 325 g/mol. The van der Waals surface area contributed by atoms with Crippen LogP contribution in [0.4, 0.5) is 10.1 Å². The Labute approximate surface area is 142 Å². The van der Waals surface area contributed by atoms with Crippen molar-refractivity contribution in [2.24, 2.45) is 0 Å². The van der Waals surface area contributed by atoms with Crippen molar-refractivity contribution in [1.82, 2.24) is 0 Å². The van der Waals surface area contributed by atoms with Gasteiger partial charge in [-0.15, -0.1) is 0 Å². The molecule has 1 aromatic heterocycles. The van der Waals surface area contributed by atoms with Crippen LogP contribution in [0.15, 0.2) is 71.2 Å². The molecule has 0 amide bonds. The summed E-state index contributed by atoms with van der Waals surface area (Å²) < 4.78 is 18.4. The molecule has 124 valence electrons. The molecule has 5 nitrogen and oxygen atoms in total. The molecule has 0 radical (unpaired) electrons.